The van der Waals surface area contributed by atoms with Gasteiger partial charge in [-0.05, 0) is 49.6 Å². The summed E-state index contributed by atoms with van der Waals surface area (Å²) in [6.45, 7) is 1.47. The molecule has 1 saturated carbocycles. The number of nitrogens with zero attached hydrogens (tertiary/aromatic N) is 1. The van der Waals surface area contributed by atoms with Gasteiger partial charge in [-0.1, -0.05) is 54.6 Å². The SMILES string of the molecule is COc1ccc(C)cc1S(=O)(=O)N(CC(=O)Nc1c(Cl)cccc1Cl)C1CCCCC1. The van der Waals surface area contributed by atoms with Crippen LogP contribution >= 0.6 is 23.2 Å². The van der Waals surface area contributed by atoms with Gasteiger partial charge in [-0.2, -0.15) is 4.31 Å². The molecule has 2 aromatic carbocycles. The second-order valence-electron chi connectivity index (χ2n) is 7.64. The summed E-state index contributed by atoms with van der Waals surface area (Å²) in [6.07, 6.45) is 4.29. The zero-order chi connectivity index (χ0) is 22.6. The van der Waals surface area contributed by atoms with Crippen LogP contribution in [-0.4, -0.2) is 38.3 Å². The Labute approximate surface area is 193 Å². The van der Waals surface area contributed by atoms with Gasteiger partial charge in [-0.25, -0.2) is 8.42 Å². The van der Waals surface area contributed by atoms with Crippen LogP contribution in [0.5, 0.6) is 5.75 Å². The Morgan fingerprint density at radius 1 is 1.13 bits per heavy atom. The maximum Gasteiger partial charge on any atom is 0.247 e. The molecule has 1 N–H and O–H groups in total. The molecule has 2 aromatic rings. The molecule has 168 valence electrons. The van der Waals surface area contributed by atoms with Crippen molar-refractivity contribution in [2.75, 3.05) is 19.0 Å². The predicted molar refractivity (Wildman–Crippen MR) is 124 cm³/mol. The van der Waals surface area contributed by atoms with Crippen molar-refractivity contribution in [2.24, 2.45) is 0 Å². The Morgan fingerprint density at radius 3 is 2.39 bits per heavy atom. The van der Waals surface area contributed by atoms with E-state index in [2.05, 4.69) is 5.32 Å². The maximum absolute atomic E-state index is 13.7. The minimum atomic E-state index is -3.99. The molecule has 3 rings (SSSR count). The second kappa shape index (κ2) is 10.2. The van der Waals surface area contributed by atoms with Gasteiger partial charge in [0.25, 0.3) is 0 Å². The highest BCUT2D eigenvalue weighted by Gasteiger charge is 2.36. The fourth-order valence-corrected chi connectivity index (χ4v) is 6.20. The van der Waals surface area contributed by atoms with E-state index in [1.165, 1.54) is 11.4 Å². The third-order valence-electron chi connectivity index (χ3n) is 5.41. The third-order valence-corrected chi connectivity index (χ3v) is 7.96. The van der Waals surface area contributed by atoms with Crippen molar-refractivity contribution in [1.82, 2.24) is 4.31 Å². The Bertz CT molecular complexity index is 1030. The van der Waals surface area contributed by atoms with E-state index in [0.717, 1.165) is 24.8 Å². The van der Waals surface area contributed by atoms with Gasteiger partial charge in [-0.3, -0.25) is 4.79 Å². The number of hydrogen-bond donors (Lipinski definition) is 1. The predicted octanol–water partition coefficient (Wildman–Crippen LogP) is 5.27. The Morgan fingerprint density at radius 2 is 1.77 bits per heavy atom. The van der Waals surface area contributed by atoms with Gasteiger partial charge in [0.05, 0.1) is 29.4 Å². The molecule has 0 heterocycles. The monoisotopic (exact) mass is 484 g/mol. The lowest BCUT2D eigenvalue weighted by atomic mass is 9.95. The molecule has 0 spiro atoms. The standard InChI is InChI=1S/C22H26Cl2N2O4S/c1-15-11-12-19(30-2)20(13-15)31(28,29)26(16-7-4-3-5-8-16)14-21(27)25-22-17(23)9-6-10-18(22)24/h6,9-13,16H,3-5,7-8,14H2,1-2H3,(H,25,27). The van der Waals surface area contributed by atoms with Gasteiger partial charge in [0.2, 0.25) is 15.9 Å². The molecular weight excluding hydrogens is 459 g/mol. The molecule has 0 bridgehead atoms. The fraction of sp³-hybridized carbons (Fsp3) is 0.409. The number of methoxy groups -OCH3 is 1. The van der Waals surface area contributed by atoms with Gasteiger partial charge >= 0.3 is 0 Å². The number of hydrogen-bond acceptors (Lipinski definition) is 4. The average Bonchev–Trinajstić information content (AvgIpc) is 2.75. The van der Waals surface area contributed by atoms with E-state index < -0.39 is 15.9 Å². The normalized spacial score (nSPS) is 15.1. The van der Waals surface area contributed by atoms with Gasteiger partial charge in [0.1, 0.15) is 10.6 Å². The highest BCUT2D eigenvalue weighted by Crippen LogP contribution is 2.33. The lowest BCUT2D eigenvalue weighted by Gasteiger charge is -2.33. The molecule has 31 heavy (non-hydrogen) atoms. The number of nitrogens with one attached hydrogen (secondary N) is 1. The molecule has 1 amide bonds. The van der Waals surface area contributed by atoms with E-state index in [1.54, 1.807) is 36.4 Å². The first-order chi connectivity index (χ1) is 14.7. The van der Waals surface area contributed by atoms with Crippen LogP contribution in [0.2, 0.25) is 10.0 Å². The summed E-state index contributed by atoms with van der Waals surface area (Å²) in [5, 5.41) is 3.24. The van der Waals surface area contributed by atoms with Crippen LogP contribution < -0.4 is 10.1 Å². The number of amides is 1. The molecule has 1 fully saturated rings. The van der Waals surface area contributed by atoms with Crippen LogP contribution in [0.25, 0.3) is 0 Å². The molecular formula is C22H26Cl2N2O4S. The van der Waals surface area contributed by atoms with E-state index in [-0.39, 0.29) is 39.0 Å². The Hall–Kier alpha value is -1.80. The number of anilines is 1. The highest BCUT2D eigenvalue weighted by atomic mass is 35.5. The van der Waals surface area contributed by atoms with Gasteiger partial charge in [0, 0.05) is 6.04 Å². The van der Waals surface area contributed by atoms with Crippen LogP contribution in [-0.2, 0) is 14.8 Å². The number of halogens is 2. The zero-order valence-corrected chi connectivity index (χ0v) is 19.9. The first-order valence-electron chi connectivity index (χ1n) is 10.1. The highest BCUT2D eigenvalue weighted by molar-refractivity contribution is 7.89. The van der Waals surface area contributed by atoms with Crippen molar-refractivity contribution in [3.05, 3.63) is 52.0 Å². The van der Waals surface area contributed by atoms with Crippen LogP contribution in [0.3, 0.4) is 0 Å². The quantitative estimate of drug-likeness (QED) is 0.580. The second-order valence-corrected chi connectivity index (χ2v) is 10.3. The van der Waals surface area contributed by atoms with Crippen molar-refractivity contribution in [3.63, 3.8) is 0 Å². The summed E-state index contributed by atoms with van der Waals surface area (Å²) in [5.74, 6) is -0.253. The van der Waals surface area contributed by atoms with Crippen molar-refractivity contribution >= 4 is 44.8 Å². The Balaban J connectivity index is 1.95. The number of para-hydroxylation sites is 1. The van der Waals surface area contributed by atoms with Crippen molar-refractivity contribution < 1.29 is 17.9 Å². The molecule has 0 saturated heterocycles. The number of ether oxygens (including phenoxy) is 1. The van der Waals surface area contributed by atoms with Crippen LogP contribution in [0.4, 0.5) is 5.69 Å². The number of rotatable bonds is 7. The smallest absolute Gasteiger partial charge is 0.247 e. The number of sulfonamides is 1. The lowest BCUT2D eigenvalue weighted by Crippen LogP contribution is -2.45. The van der Waals surface area contributed by atoms with Gasteiger partial charge < -0.3 is 10.1 Å². The Kier molecular flexibility index (Phi) is 7.86. The number of aryl methyl sites for hydroxylation is 1. The first kappa shape index (κ1) is 23.9. The zero-order valence-electron chi connectivity index (χ0n) is 17.5. The van der Waals surface area contributed by atoms with Crippen LogP contribution in [0.15, 0.2) is 41.3 Å². The van der Waals surface area contributed by atoms with Crippen molar-refractivity contribution in [2.45, 2.75) is 50.0 Å². The molecule has 1 aliphatic rings. The molecule has 9 heteroatoms. The van der Waals surface area contributed by atoms with Crippen LogP contribution in [0.1, 0.15) is 37.7 Å². The number of carbonyl (C=O) groups excluding carboxylic acids is 1. The molecule has 0 aliphatic heterocycles. The topological polar surface area (TPSA) is 75.7 Å². The minimum absolute atomic E-state index is 0.0594. The summed E-state index contributed by atoms with van der Waals surface area (Å²) < 4.78 is 34.0. The van der Waals surface area contributed by atoms with Crippen molar-refractivity contribution in [3.8, 4) is 5.75 Å². The molecule has 1 aliphatic carbocycles. The van der Waals surface area contributed by atoms with E-state index in [4.69, 9.17) is 27.9 Å². The van der Waals surface area contributed by atoms with E-state index in [0.29, 0.717) is 12.8 Å². The summed E-state index contributed by atoms with van der Waals surface area (Å²) >= 11 is 12.3. The molecule has 0 aromatic heterocycles. The molecule has 0 radical (unpaired) electrons. The minimum Gasteiger partial charge on any atom is -0.495 e. The van der Waals surface area contributed by atoms with Crippen LogP contribution in [0, 0.1) is 6.92 Å². The maximum atomic E-state index is 13.7. The fourth-order valence-electron chi connectivity index (χ4n) is 3.83. The summed E-state index contributed by atoms with van der Waals surface area (Å²) in [4.78, 5) is 13.0. The number of benzene rings is 2. The van der Waals surface area contributed by atoms with E-state index in [1.807, 2.05) is 6.92 Å². The third kappa shape index (κ3) is 5.52. The first-order valence-corrected chi connectivity index (χ1v) is 12.3. The molecule has 0 unspecified atom stereocenters. The summed E-state index contributed by atoms with van der Waals surface area (Å²) in [6, 6.07) is 9.61. The van der Waals surface area contributed by atoms with Gasteiger partial charge in [0.15, 0.2) is 0 Å². The molecule has 6 nitrogen and oxygen atoms in total. The van der Waals surface area contributed by atoms with Crippen molar-refractivity contribution in [1.29, 1.82) is 0 Å². The summed E-state index contributed by atoms with van der Waals surface area (Å²) in [7, 11) is -2.56. The average molecular weight is 485 g/mol. The summed E-state index contributed by atoms with van der Waals surface area (Å²) in [5.41, 5.74) is 1.06. The largest absolute Gasteiger partial charge is 0.495 e. The van der Waals surface area contributed by atoms with E-state index >= 15 is 0 Å². The van der Waals surface area contributed by atoms with Gasteiger partial charge in [-0.15, -0.1) is 0 Å². The number of carbonyl (C=O) groups is 1. The lowest BCUT2D eigenvalue weighted by molar-refractivity contribution is -0.116. The molecule has 0 atom stereocenters. The van der Waals surface area contributed by atoms with E-state index in [9.17, 15) is 13.2 Å².